The Morgan fingerprint density at radius 1 is 0.864 bits per heavy atom. The number of aryl methyl sites for hydroxylation is 2. The molecule has 0 unspecified atom stereocenters. The Morgan fingerprint density at radius 3 is 2.09 bits per heavy atom. The SMILES string of the molecule is Cc1ccc(S(=O)(=O)n2c(C)c(C)c3ccccc32)cc1.N. The third-order valence-electron chi connectivity index (χ3n) is 3.93. The van der Waals surface area contributed by atoms with E-state index in [0.29, 0.717) is 4.90 Å². The van der Waals surface area contributed by atoms with Gasteiger partial charge in [0.05, 0.1) is 10.4 Å². The smallest absolute Gasteiger partial charge is 0.268 e. The molecule has 2 aromatic carbocycles. The van der Waals surface area contributed by atoms with Gasteiger partial charge < -0.3 is 6.15 Å². The van der Waals surface area contributed by atoms with Crippen LogP contribution in [0.3, 0.4) is 0 Å². The van der Waals surface area contributed by atoms with Gasteiger partial charge in [0.1, 0.15) is 0 Å². The minimum absolute atomic E-state index is 0. The highest BCUT2D eigenvalue weighted by molar-refractivity contribution is 7.90. The fraction of sp³-hybridized carbons (Fsp3) is 0.176. The zero-order valence-electron chi connectivity index (χ0n) is 13.0. The maximum Gasteiger partial charge on any atom is 0.268 e. The number of aromatic nitrogens is 1. The summed E-state index contributed by atoms with van der Waals surface area (Å²) in [6, 6.07) is 14.6. The Kier molecular flexibility index (Phi) is 4.13. The first-order valence-corrected chi connectivity index (χ1v) is 8.26. The molecule has 0 amide bonds. The van der Waals surface area contributed by atoms with Crippen LogP contribution in [0, 0.1) is 20.8 Å². The molecule has 1 heterocycles. The first-order valence-electron chi connectivity index (χ1n) is 6.82. The van der Waals surface area contributed by atoms with Gasteiger partial charge >= 0.3 is 0 Å². The first-order chi connectivity index (χ1) is 9.93. The molecule has 22 heavy (non-hydrogen) atoms. The van der Waals surface area contributed by atoms with Crippen LogP contribution in [0.15, 0.2) is 53.4 Å². The van der Waals surface area contributed by atoms with Crippen molar-refractivity contribution in [1.82, 2.24) is 10.1 Å². The van der Waals surface area contributed by atoms with Crippen molar-refractivity contribution in [3.63, 3.8) is 0 Å². The lowest BCUT2D eigenvalue weighted by molar-refractivity contribution is 0.588. The van der Waals surface area contributed by atoms with Crippen LogP contribution in [0.5, 0.6) is 0 Å². The largest absolute Gasteiger partial charge is 0.344 e. The predicted octanol–water partition coefficient (Wildman–Crippen LogP) is 3.97. The number of fused-ring (bicyclic) bond motifs is 1. The molecule has 116 valence electrons. The molecule has 0 bridgehead atoms. The second-order valence-electron chi connectivity index (χ2n) is 5.31. The maximum absolute atomic E-state index is 13.0. The molecule has 5 heteroatoms. The van der Waals surface area contributed by atoms with Crippen LogP contribution in [-0.4, -0.2) is 12.4 Å². The quantitative estimate of drug-likeness (QED) is 0.777. The molecule has 0 aliphatic rings. The Hall–Kier alpha value is -2.11. The van der Waals surface area contributed by atoms with Crippen molar-refractivity contribution in [2.24, 2.45) is 0 Å². The van der Waals surface area contributed by atoms with Gasteiger partial charge in [-0.2, -0.15) is 0 Å². The summed E-state index contributed by atoms with van der Waals surface area (Å²) >= 11 is 0. The summed E-state index contributed by atoms with van der Waals surface area (Å²) in [6.07, 6.45) is 0. The van der Waals surface area contributed by atoms with Crippen molar-refractivity contribution >= 4 is 20.9 Å². The summed E-state index contributed by atoms with van der Waals surface area (Å²) in [7, 11) is -3.58. The topological polar surface area (TPSA) is 74.1 Å². The van der Waals surface area contributed by atoms with Crippen LogP contribution >= 0.6 is 0 Å². The van der Waals surface area contributed by atoms with Gasteiger partial charge in [-0.1, -0.05) is 35.9 Å². The highest BCUT2D eigenvalue weighted by Crippen LogP contribution is 2.29. The van der Waals surface area contributed by atoms with Gasteiger partial charge in [-0.25, -0.2) is 12.4 Å². The van der Waals surface area contributed by atoms with Gasteiger partial charge in [-0.3, -0.25) is 0 Å². The lowest BCUT2D eigenvalue weighted by Gasteiger charge is -2.10. The van der Waals surface area contributed by atoms with Crippen LogP contribution < -0.4 is 6.15 Å². The van der Waals surface area contributed by atoms with E-state index in [2.05, 4.69) is 0 Å². The summed E-state index contributed by atoms with van der Waals surface area (Å²) in [5.74, 6) is 0. The van der Waals surface area contributed by atoms with Crippen LogP contribution in [0.1, 0.15) is 16.8 Å². The van der Waals surface area contributed by atoms with E-state index in [1.807, 2.05) is 57.2 Å². The maximum atomic E-state index is 13.0. The Balaban J connectivity index is 0.00000176. The average molecular weight is 316 g/mol. The summed E-state index contributed by atoms with van der Waals surface area (Å²) in [4.78, 5) is 0.317. The molecule has 0 saturated carbocycles. The molecule has 3 aromatic rings. The normalized spacial score (nSPS) is 11.4. The molecule has 4 nitrogen and oxygen atoms in total. The van der Waals surface area contributed by atoms with Gasteiger partial charge in [0, 0.05) is 11.1 Å². The van der Waals surface area contributed by atoms with E-state index < -0.39 is 10.0 Å². The van der Waals surface area contributed by atoms with Gasteiger partial charge in [0.15, 0.2) is 0 Å². The molecule has 0 fully saturated rings. The molecule has 1 aromatic heterocycles. The van der Waals surface area contributed by atoms with Crippen molar-refractivity contribution in [2.75, 3.05) is 0 Å². The zero-order chi connectivity index (χ0) is 15.2. The summed E-state index contributed by atoms with van der Waals surface area (Å²) in [5, 5.41) is 0.977. The molecule has 0 aliphatic heterocycles. The van der Waals surface area contributed by atoms with E-state index in [4.69, 9.17) is 0 Å². The van der Waals surface area contributed by atoms with E-state index in [-0.39, 0.29) is 6.15 Å². The van der Waals surface area contributed by atoms with Gasteiger partial charge in [0.25, 0.3) is 10.0 Å². The van der Waals surface area contributed by atoms with Gasteiger partial charge in [-0.15, -0.1) is 0 Å². The first kappa shape index (κ1) is 16.3. The second kappa shape index (κ2) is 5.59. The number of benzene rings is 2. The Labute approximate surface area is 131 Å². The molecule has 0 aliphatic carbocycles. The molecule has 3 N–H and O–H groups in total. The average Bonchev–Trinajstić information content (AvgIpc) is 2.72. The third kappa shape index (κ3) is 2.32. The highest BCUT2D eigenvalue weighted by Gasteiger charge is 2.23. The number of hydrogen-bond acceptors (Lipinski definition) is 3. The Bertz CT molecular complexity index is 923. The molecule has 0 atom stereocenters. The lowest BCUT2D eigenvalue weighted by atomic mass is 10.2. The van der Waals surface area contributed by atoms with Gasteiger partial charge in [-0.05, 0) is 44.5 Å². The lowest BCUT2D eigenvalue weighted by Crippen LogP contribution is -2.14. The molecule has 3 rings (SSSR count). The molecular formula is C17H20N2O2S. The summed E-state index contributed by atoms with van der Waals surface area (Å²) in [5.41, 5.74) is 3.53. The molecular weight excluding hydrogens is 296 g/mol. The number of para-hydroxylation sites is 1. The van der Waals surface area contributed by atoms with E-state index >= 15 is 0 Å². The van der Waals surface area contributed by atoms with E-state index in [1.54, 1.807) is 12.1 Å². The highest BCUT2D eigenvalue weighted by atomic mass is 32.2. The number of rotatable bonds is 2. The fourth-order valence-corrected chi connectivity index (χ4v) is 4.23. The number of nitrogens with zero attached hydrogens (tertiary/aromatic N) is 1. The minimum atomic E-state index is -3.58. The van der Waals surface area contributed by atoms with Crippen LogP contribution in [-0.2, 0) is 10.0 Å². The summed E-state index contributed by atoms with van der Waals surface area (Å²) < 4.78 is 27.4. The van der Waals surface area contributed by atoms with Crippen molar-refractivity contribution in [3.8, 4) is 0 Å². The Morgan fingerprint density at radius 2 is 1.45 bits per heavy atom. The van der Waals surface area contributed by atoms with Crippen LogP contribution in [0.4, 0.5) is 0 Å². The van der Waals surface area contributed by atoms with E-state index in [0.717, 1.165) is 27.7 Å². The second-order valence-corrected chi connectivity index (χ2v) is 7.10. The monoisotopic (exact) mass is 316 g/mol. The van der Waals surface area contributed by atoms with Crippen molar-refractivity contribution in [1.29, 1.82) is 0 Å². The molecule has 0 spiro atoms. The van der Waals surface area contributed by atoms with Gasteiger partial charge in [0.2, 0.25) is 0 Å². The fourth-order valence-electron chi connectivity index (χ4n) is 2.62. The number of hydrogen-bond donors (Lipinski definition) is 1. The van der Waals surface area contributed by atoms with Crippen LogP contribution in [0.25, 0.3) is 10.9 Å². The van der Waals surface area contributed by atoms with E-state index in [9.17, 15) is 8.42 Å². The van der Waals surface area contributed by atoms with Crippen molar-refractivity contribution in [2.45, 2.75) is 25.7 Å². The zero-order valence-corrected chi connectivity index (χ0v) is 13.8. The minimum Gasteiger partial charge on any atom is -0.344 e. The van der Waals surface area contributed by atoms with Crippen molar-refractivity contribution < 1.29 is 8.42 Å². The molecule has 0 saturated heterocycles. The third-order valence-corrected chi connectivity index (χ3v) is 5.75. The van der Waals surface area contributed by atoms with Crippen LogP contribution in [0.2, 0.25) is 0 Å². The summed E-state index contributed by atoms with van der Waals surface area (Å²) in [6.45, 7) is 5.75. The standard InChI is InChI=1S/C17H17NO2S.H3N/c1-12-8-10-15(11-9-12)21(19,20)18-14(3)13(2)16-6-4-5-7-17(16)18;/h4-11H,1-3H3;1H3. The van der Waals surface area contributed by atoms with E-state index in [1.165, 1.54) is 3.97 Å². The molecule has 0 radical (unpaired) electrons. The predicted molar refractivity (Wildman–Crippen MR) is 90.2 cm³/mol. The van der Waals surface area contributed by atoms with Crippen molar-refractivity contribution in [3.05, 3.63) is 65.4 Å².